The van der Waals surface area contributed by atoms with Gasteiger partial charge in [0.25, 0.3) is 12.3 Å². The smallest absolute Gasteiger partial charge is 0.283 e. The van der Waals surface area contributed by atoms with Crippen LogP contribution in [-0.2, 0) is 5.54 Å². The fourth-order valence-corrected chi connectivity index (χ4v) is 3.00. The van der Waals surface area contributed by atoms with Gasteiger partial charge >= 0.3 is 0 Å². The van der Waals surface area contributed by atoms with Crippen molar-refractivity contribution >= 4 is 5.84 Å². The largest absolute Gasteiger partial charge is 0.387 e. The molecule has 1 aromatic carbocycles. The summed E-state index contributed by atoms with van der Waals surface area (Å²) in [6.07, 6.45) is -2.70. The number of aromatic nitrogens is 1. The Morgan fingerprint density at radius 2 is 1.88 bits per heavy atom. The first-order valence-electron chi connectivity index (χ1n) is 7.65. The quantitative estimate of drug-likeness (QED) is 0.649. The van der Waals surface area contributed by atoms with Crippen LogP contribution in [0.2, 0.25) is 0 Å². The number of hydrogen-bond acceptors (Lipinski definition) is 2. The molecule has 3 nitrogen and oxygen atoms in total. The van der Waals surface area contributed by atoms with Crippen LogP contribution in [-0.4, -0.2) is 18.2 Å². The van der Waals surface area contributed by atoms with Gasteiger partial charge < -0.3 is 5.73 Å². The summed E-state index contributed by atoms with van der Waals surface area (Å²) in [6.45, 7) is 0. The third kappa shape index (κ3) is 2.81. The van der Waals surface area contributed by atoms with E-state index < -0.39 is 47.3 Å². The van der Waals surface area contributed by atoms with Gasteiger partial charge in [-0.1, -0.05) is 0 Å². The van der Waals surface area contributed by atoms with Gasteiger partial charge in [-0.25, -0.2) is 31.3 Å². The summed E-state index contributed by atoms with van der Waals surface area (Å²) in [4.78, 5) is 3.32. The van der Waals surface area contributed by atoms with E-state index >= 15 is 0 Å². The normalized spacial score (nSPS) is 22.3. The van der Waals surface area contributed by atoms with E-state index in [9.17, 15) is 26.3 Å². The van der Waals surface area contributed by atoms with E-state index in [0.717, 1.165) is 35.0 Å². The van der Waals surface area contributed by atoms with Gasteiger partial charge in [0, 0.05) is 36.6 Å². The molecule has 3 rings (SSSR count). The predicted molar refractivity (Wildman–Crippen MR) is 81.4 cm³/mol. The number of rotatable bonds is 3. The number of halogens is 6. The Hall–Kier alpha value is -2.58. The van der Waals surface area contributed by atoms with E-state index in [1.807, 2.05) is 0 Å². The molecular weight excluding hydrogens is 360 g/mol. The molecule has 2 heterocycles. The zero-order valence-electron chi connectivity index (χ0n) is 13.3. The highest BCUT2D eigenvalue weighted by Gasteiger charge is 2.64. The fraction of sp³-hybridized carbons (Fsp3) is 0.294. The molecule has 0 unspecified atom stereocenters. The van der Waals surface area contributed by atoms with Crippen molar-refractivity contribution in [3.8, 4) is 5.69 Å². The van der Waals surface area contributed by atoms with Crippen molar-refractivity contribution in [3.05, 3.63) is 59.9 Å². The van der Waals surface area contributed by atoms with E-state index in [1.165, 1.54) is 12.3 Å². The first-order valence-corrected chi connectivity index (χ1v) is 7.65. The molecule has 0 saturated carbocycles. The fourth-order valence-electron chi connectivity index (χ4n) is 3.00. The van der Waals surface area contributed by atoms with Crippen molar-refractivity contribution < 1.29 is 30.9 Å². The lowest BCUT2D eigenvalue weighted by molar-refractivity contribution is -0.597. The molecule has 26 heavy (non-hydrogen) atoms. The minimum absolute atomic E-state index is 0.0241. The molecule has 2 aromatic rings. The molecule has 9 heteroatoms. The van der Waals surface area contributed by atoms with Crippen LogP contribution in [0.3, 0.4) is 0 Å². The van der Waals surface area contributed by atoms with Crippen molar-refractivity contribution in [2.45, 2.75) is 30.7 Å². The summed E-state index contributed by atoms with van der Waals surface area (Å²) >= 11 is 0. The van der Waals surface area contributed by atoms with E-state index in [4.69, 9.17) is 5.73 Å². The minimum atomic E-state index is -4.02. The molecule has 0 fully saturated rings. The number of nitrogens with two attached hydrogens (primary N) is 1. The molecule has 0 aliphatic carbocycles. The lowest BCUT2D eigenvalue weighted by Gasteiger charge is -2.40. The van der Waals surface area contributed by atoms with Gasteiger partial charge in [-0.3, -0.25) is 0 Å². The molecule has 1 aliphatic heterocycles. The number of hydrogen-bond donors (Lipinski definition) is 1. The molecule has 1 aromatic heterocycles. The molecule has 0 saturated heterocycles. The molecule has 0 bridgehead atoms. The van der Waals surface area contributed by atoms with Crippen molar-refractivity contribution in [2.75, 3.05) is 0 Å². The van der Waals surface area contributed by atoms with Gasteiger partial charge in [-0.15, -0.1) is 0 Å². The van der Waals surface area contributed by atoms with Crippen LogP contribution in [0.1, 0.15) is 18.4 Å². The standard InChI is InChI=1S/C17H14F6N3/c18-10-2-1-7-26(9-10)11-3-4-13(19)12(8-11)17(15(20)21)16(22,23)6-5-14(24)25-17/h1-4,7-9,15H,5-6H2,(H2,24,25)/q+1/t17-/m0/s1. The van der Waals surface area contributed by atoms with Crippen LogP contribution in [0.15, 0.2) is 47.7 Å². The van der Waals surface area contributed by atoms with E-state index in [0.29, 0.717) is 0 Å². The minimum Gasteiger partial charge on any atom is -0.387 e. The monoisotopic (exact) mass is 374 g/mol. The van der Waals surface area contributed by atoms with Crippen LogP contribution >= 0.6 is 0 Å². The van der Waals surface area contributed by atoms with Crippen molar-refractivity contribution in [2.24, 2.45) is 10.7 Å². The first kappa shape index (κ1) is 18.2. The Morgan fingerprint density at radius 1 is 1.15 bits per heavy atom. The van der Waals surface area contributed by atoms with Crippen molar-refractivity contribution in [1.82, 2.24) is 0 Å². The van der Waals surface area contributed by atoms with Crippen LogP contribution in [0.25, 0.3) is 5.69 Å². The molecule has 1 aliphatic rings. The lowest BCUT2D eigenvalue weighted by Crippen LogP contribution is -2.54. The number of benzene rings is 1. The Kier molecular flexibility index (Phi) is 4.41. The number of pyridine rings is 1. The van der Waals surface area contributed by atoms with E-state index in [-0.39, 0.29) is 12.1 Å². The van der Waals surface area contributed by atoms with Gasteiger partial charge in [0.1, 0.15) is 5.82 Å². The zero-order chi connectivity index (χ0) is 19.1. The summed E-state index contributed by atoms with van der Waals surface area (Å²) < 4.78 is 85.7. The van der Waals surface area contributed by atoms with Gasteiger partial charge in [0.05, 0.1) is 5.84 Å². The third-order valence-corrected chi connectivity index (χ3v) is 4.31. The molecule has 0 spiro atoms. The highest BCUT2D eigenvalue weighted by Crippen LogP contribution is 2.51. The molecular formula is C17H14F6N3+. The maximum absolute atomic E-state index is 14.5. The lowest BCUT2D eigenvalue weighted by atomic mass is 9.79. The summed E-state index contributed by atoms with van der Waals surface area (Å²) in [5.74, 6) is -6.34. The molecule has 2 N–H and O–H groups in total. The number of nitrogens with zero attached hydrogens (tertiary/aromatic N) is 2. The van der Waals surface area contributed by atoms with Crippen molar-refractivity contribution in [1.29, 1.82) is 0 Å². The SMILES string of the molecule is NC1=N[C@@](c2cc(-[n+]3cccc(F)c3)ccc2F)(C(F)F)C(F)(F)CC1. The van der Waals surface area contributed by atoms with Crippen LogP contribution in [0, 0.1) is 11.6 Å². The van der Waals surface area contributed by atoms with Gasteiger partial charge in [-0.2, -0.15) is 4.57 Å². The topological polar surface area (TPSA) is 42.3 Å². The molecule has 0 radical (unpaired) electrons. The molecule has 1 atom stereocenters. The van der Waals surface area contributed by atoms with Crippen LogP contribution < -0.4 is 10.3 Å². The average Bonchev–Trinajstić information content (AvgIpc) is 2.57. The predicted octanol–water partition coefficient (Wildman–Crippen LogP) is 3.49. The number of aliphatic imine (C=N–C) groups is 1. The summed E-state index contributed by atoms with van der Waals surface area (Å²) in [5, 5.41) is 0. The summed E-state index contributed by atoms with van der Waals surface area (Å²) in [7, 11) is 0. The van der Waals surface area contributed by atoms with Crippen LogP contribution in [0.5, 0.6) is 0 Å². The molecule has 0 amide bonds. The van der Waals surface area contributed by atoms with E-state index in [2.05, 4.69) is 4.99 Å². The first-order chi connectivity index (χ1) is 12.2. The maximum atomic E-state index is 14.5. The van der Waals surface area contributed by atoms with E-state index in [1.54, 1.807) is 0 Å². The average molecular weight is 374 g/mol. The summed E-state index contributed by atoms with van der Waals surface area (Å²) in [6, 6.07) is 5.21. The Morgan fingerprint density at radius 3 is 2.54 bits per heavy atom. The van der Waals surface area contributed by atoms with Gasteiger partial charge in [-0.05, 0) is 12.1 Å². The van der Waals surface area contributed by atoms with Crippen LogP contribution in [0.4, 0.5) is 26.3 Å². The Balaban J connectivity index is 2.26. The summed E-state index contributed by atoms with van der Waals surface area (Å²) in [5.41, 5.74) is 1.02. The second kappa shape index (κ2) is 6.30. The van der Waals surface area contributed by atoms with Gasteiger partial charge in [0.2, 0.25) is 17.4 Å². The van der Waals surface area contributed by atoms with Gasteiger partial charge in [0.15, 0.2) is 12.0 Å². The zero-order valence-corrected chi connectivity index (χ0v) is 13.3. The number of amidine groups is 1. The number of alkyl halides is 4. The highest BCUT2D eigenvalue weighted by atomic mass is 19.3. The molecule has 138 valence electrons. The Labute approximate surface area is 144 Å². The third-order valence-electron chi connectivity index (χ3n) is 4.31. The highest BCUT2D eigenvalue weighted by molar-refractivity contribution is 5.82. The Bertz CT molecular complexity index is 867. The maximum Gasteiger partial charge on any atom is 0.283 e. The second-order valence-corrected chi connectivity index (χ2v) is 5.97. The second-order valence-electron chi connectivity index (χ2n) is 5.97. The van der Waals surface area contributed by atoms with Crippen molar-refractivity contribution in [3.63, 3.8) is 0 Å².